The first kappa shape index (κ1) is 22.6. The monoisotopic (exact) mass is 524 g/mol. The molecule has 2 atom stereocenters. The molecule has 0 saturated carbocycles. The van der Waals surface area contributed by atoms with Gasteiger partial charge >= 0.3 is 0 Å². The van der Waals surface area contributed by atoms with Gasteiger partial charge in [-0.1, -0.05) is 6.07 Å². The van der Waals surface area contributed by atoms with Gasteiger partial charge in [-0.15, -0.1) is 0 Å². The summed E-state index contributed by atoms with van der Waals surface area (Å²) in [5.41, 5.74) is 17.2. The van der Waals surface area contributed by atoms with Gasteiger partial charge in [-0.25, -0.2) is 4.98 Å². The summed E-state index contributed by atoms with van der Waals surface area (Å²) >= 11 is 3.61. The Hall–Kier alpha value is -3.15. The largest absolute Gasteiger partial charge is 0.384 e. The highest BCUT2D eigenvalue weighted by Gasteiger charge is 2.29. The van der Waals surface area contributed by atoms with Gasteiger partial charge in [-0.05, 0) is 47.8 Å². The van der Waals surface area contributed by atoms with Crippen molar-refractivity contribution < 1.29 is 9.90 Å². The molecule has 1 saturated heterocycles. The zero-order valence-electron chi connectivity index (χ0n) is 18.6. The summed E-state index contributed by atoms with van der Waals surface area (Å²) in [7, 11) is 0. The summed E-state index contributed by atoms with van der Waals surface area (Å²) in [6.07, 6.45) is 7.16. The van der Waals surface area contributed by atoms with Crippen molar-refractivity contribution in [2.24, 2.45) is 10.7 Å². The number of fused-ring (bicyclic) bond motifs is 1. The quantitative estimate of drug-likeness (QED) is 0.472. The third-order valence-corrected chi connectivity index (χ3v) is 7.20. The number of halogens is 1. The molecule has 176 valence electrons. The van der Waals surface area contributed by atoms with Gasteiger partial charge in [0.1, 0.15) is 18.1 Å². The second-order valence-electron chi connectivity index (χ2n) is 8.56. The molecule has 0 spiro atoms. The van der Waals surface area contributed by atoms with E-state index < -0.39 is 6.10 Å². The summed E-state index contributed by atoms with van der Waals surface area (Å²) in [6, 6.07) is 3.88. The minimum atomic E-state index is -0.990. The van der Waals surface area contributed by atoms with Crippen LogP contribution in [0.25, 0.3) is 22.3 Å². The van der Waals surface area contributed by atoms with E-state index in [2.05, 4.69) is 31.0 Å². The number of aliphatic hydroxyl groups excluding tert-OH is 1. The second kappa shape index (κ2) is 8.90. The van der Waals surface area contributed by atoms with Gasteiger partial charge in [0.15, 0.2) is 5.65 Å². The Balaban J connectivity index is 1.45. The molecule has 1 fully saturated rings. The van der Waals surface area contributed by atoms with Crippen LogP contribution in [0.3, 0.4) is 0 Å². The molecule has 5 N–H and O–H groups in total. The van der Waals surface area contributed by atoms with Crippen LogP contribution in [-0.2, 0) is 4.79 Å². The number of pyridine rings is 1. The van der Waals surface area contributed by atoms with Gasteiger partial charge in [0.05, 0.1) is 22.1 Å². The lowest BCUT2D eigenvalue weighted by atomic mass is 9.93. The van der Waals surface area contributed by atoms with E-state index in [0.717, 1.165) is 40.9 Å². The van der Waals surface area contributed by atoms with Gasteiger partial charge in [0.2, 0.25) is 0 Å². The Bertz CT molecular complexity index is 1310. The van der Waals surface area contributed by atoms with Crippen molar-refractivity contribution in [3.63, 3.8) is 0 Å². The maximum absolute atomic E-state index is 12.1. The number of aliphatic hydroxyl groups is 1. The van der Waals surface area contributed by atoms with Gasteiger partial charge in [0, 0.05) is 48.1 Å². The number of carbonyl (C=O) groups excluding carboxylic acids is 1. The van der Waals surface area contributed by atoms with Gasteiger partial charge in [-0.2, -0.15) is 9.61 Å². The fourth-order valence-corrected chi connectivity index (χ4v) is 5.06. The molecule has 0 radical (unpaired) electrons. The Morgan fingerprint density at radius 1 is 1.26 bits per heavy atom. The molecule has 34 heavy (non-hydrogen) atoms. The Labute approximate surface area is 204 Å². The predicted octanol–water partition coefficient (Wildman–Crippen LogP) is 1.98. The lowest BCUT2D eigenvalue weighted by molar-refractivity contribution is -0.140. The molecule has 2 aliphatic rings. The second-order valence-corrected chi connectivity index (χ2v) is 9.36. The first-order valence-corrected chi connectivity index (χ1v) is 11.9. The Morgan fingerprint density at radius 3 is 2.65 bits per heavy atom. The SMILES string of the molecule is C[C@@H](O)C(=O)N1CCC(c2nc3c(-c4ccc(C5=CC=NC5N)nc4)cnn3c(N)c2Br)CC1. The number of nitrogens with two attached hydrogens (primary N) is 2. The lowest BCUT2D eigenvalue weighted by Gasteiger charge is -2.33. The number of allylic oxidation sites excluding steroid dienone is 1. The summed E-state index contributed by atoms with van der Waals surface area (Å²) in [4.78, 5) is 27.5. The first-order valence-electron chi connectivity index (χ1n) is 11.1. The highest BCUT2D eigenvalue weighted by atomic mass is 79.9. The number of aliphatic imine (C=N–C) groups is 1. The third kappa shape index (κ3) is 3.89. The lowest BCUT2D eigenvalue weighted by Crippen LogP contribution is -2.42. The van der Waals surface area contributed by atoms with Crippen LogP contribution in [0.1, 0.15) is 37.1 Å². The normalized spacial score (nSPS) is 19.6. The number of likely N-dealkylation sites (tertiary alicyclic amines) is 1. The van der Waals surface area contributed by atoms with Crippen molar-refractivity contribution in [3.05, 3.63) is 46.5 Å². The van der Waals surface area contributed by atoms with Crippen molar-refractivity contribution >= 4 is 45.1 Å². The zero-order valence-corrected chi connectivity index (χ0v) is 20.2. The molecule has 11 heteroatoms. The number of anilines is 1. The highest BCUT2D eigenvalue weighted by Crippen LogP contribution is 2.37. The van der Waals surface area contributed by atoms with Crippen LogP contribution >= 0.6 is 15.9 Å². The summed E-state index contributed by atoms with van der Waals surface area (Å²) in [6.45, 7) is 2.62. The van der Waals surface area contributed by atoms with Crippen LogP contribution in [0.15, 0.2) is 40.1 Å². The van der Waals surface area contributed by atoms with Gasteiger partial charge in [-0.3, -0.25) is 14.8 Å². The molecule has 1 amide bonds. The van der Waals surface area contributed by atoms with E-state index in [1.165, 1.54) is 6.92 Å². The fourth-order valence-electron chi connectivity index (χ4n) is 4.48. The third-order valence-electron chi connectivity index (χ3n) is 6.39. The maximum Gasteiger partial charge on any atom is 0.251 e. The molecule has 0 bridgehead atoms. The average Bonchev–Trinajstić information content (AvgIpc) is 3.47. The maximum atomic E-state index is 12.1. The van der Waals surface area contributed by atoms with Crippen LogP contribution in [0.2, 0.25) is 0 Å². The molecular weight excluding hydrogens is 500 g/mol. The number of amides is 1. The van der Waals surface area contributed by atoms with Crippen LogP contribution in [-0.4, -0.2) is 67.1 Å². The number of nitrogens with zero attached hydrogens (tertiary/aromatic N) is 6. The summed E-state index contributed by atoms with van der Waals surface area (Å²) in [5, 5.41) is 14.1. The molecular formula is C23H25BrN8O2. The van der Waals surface area contributed by atoms with Crippen LogP contribution in [0.5, 0.6) is 0 Å². The fraction of sp³-hybridized carbons (Fsp3) is 0.348. The summed E-state index contributed by atoms with van der Waals surface area (Å²) < 4.78 is 2.33. The minimum Gasteiger partial charge on any atom is -0.384 e. The minimum absolute atomic E-state index is 0.124. The van der Waals surface area contributed by atoms with Crippen molar-refractivity contribution in [2.75, 3.05) is 18.8 Å². The van der Waals surface area contributed by atoms with E-state index in [1.54, 1.807) is 28.0 Å². The molecule has 1 unspecified atom stereocenters. The number of piperidine rings is 1. The smallest absolute Gasteiger partial charge is 0.251 e. The average molecular weight is 525 g/mol. The number of hydrogen-bond acceptors (Lipinski definition) is 8. The topological polar surface area (TPSA) is 148 Å². The van der Waals surface area contributed by atoms with E-state index >= 15 is 0 Å². The van der Waals surface area contributed by atoms with Gasteiger partial charge < -0.3 is 21.5 Å². The molecule has 10 nitrogen and oxygen atoms in total. The predicted molar refractivity (Wildman–Crippen MR) is 133 cm³/mol. The van der Waals surface area contributed by atoms with Crippen molar-refractivity contribution in [1.82, 2.24) is 24.5 Å². The number of hydrogen-bond donors (Lipinski definition) is 3. The van der Waals surface area contributed by atoms with Crippen molar-refractivity contribution in [1.29, 1.82) is 0 Å². The molecule has 5 rings (SSSR count). The first-order chi connectivity index (χ1) is 16.3. The molecule has 0 aromatic carbocycles. The van der Waals surface area contributed by atoms with E-state index in [0.29, 0.717) is 29.0 Å². The molecule has 5 heterocycles. The number of nitrogen functional groups attached to an aromatic ring is 1. The zero-order chi connectivity index (χ0) is 24.0. The van der Waals surface area contributed by atoms with E-state index in [1.807, 2.05) is 18.2 Å². The molecule has 2 aliphatic heterocycles. The Kier molecular flexibility index (Phi) is 5.92. The van der Waals surface area contributed by atoms with Gasteiger partial charge in [0.25, 0.3) is 5.91 Å². The van der Waals surface area contributed by atoms with E-state index in [4.69, 9.17) is 16.5 Å². The standard InChI is InChI=1S/C23H25BrN8O2/c1-12(33)23(34)31-8-5-13(6-9-31)19-18(24)21(26)32-22(30-19)16(11-29-32)14-2-3-17(28-10-14)15-4-7-27-20(15)25/h2-4,7,10-13,20,33H,5-6,8-9,25-26H2,1H3/t12-,20?/m1/s1. The highest BCUT2D eigenvalue weighted by molar-refractivity contribution is 9.10. The number of aromatic nitrogens is 4. The van der Waals surface area contributed by atoms with Crippen LogP contribution < -0.4 is 11.5 Å². The summed E-state index contributed by atoms with van der Waals surface area (Å²) in [5.74, 6) is 0.353. The van der Waals surface area contributed by atoms with E-state index in [-0.39, 0.29) is 18.0 Å². The molecule has 3 aromatic rings. The van der Waals surface area contributed by atoms with Crippen LogP contribution in [0, 0.1) is 0 Å². The van der Waals surface area contributed by atoms with Crippen molar-refractivity contribution in [3.8, 4) is 11.1 Å². The number of carbonyl (C=O) groups is 1. The number of rotatable bonds is 4. The molecule has 3 aromatic heterocycles. The van der Waals surface area contributed by atoms with Crippen molar-refractivity contribution in [2.45, 2.75) is 38.0 Å². The van der Waals surface area contributed by atoms with E-state index in [9.17, 15) is 9.90 Å². The molecule has 0 aliphatic carbocycles. The van der Waals surface area contributed by atoms with Crippen LogP contribution in [0.4, 0.5) is 5.82 Å². The Morgan fingerprint density at radius 2 is 2.03 bits per heavy atom.